The molecule has 254 valence electrons. The van der Waals surface area contributed by atoms with Crippen molar-refractivity contribution in [2.45, 2.75) is 40.7 Å². The van der Waals surface area contributed by atoms with Gasteiger partial charge >= 0.3 is 0 Å². The SMILES string of the molecule is Cc1cc(C(=O)c2c[nH]c3ccccc3c2=O)cnc1C.Cc1cc(C(=O)c2cn(C(C)c3cccc(Br)n3)c3ccccc3c2=O)cnc1C. The average molecular weight is 741 g/mol. The van der Waals surface area contributed by atoms with Crippen molar-refractivity contribution in [3.63, 3.8) is 0 Å². The van der Waals surface area contributed by atoms with E-state index in [1.54, 1.807) is 36.5 Å². The lowest BCUT2D eigenvalue weighted by Gasteiger charge is -2.20. The van der Waals surface area contributed by atoms with Gasteiger partial charge in [0.1, 0.15) is 4.60 Å². The first kappa shape index (κ1) is 35.0. The number of hydrogen-bond acceptors (Lipinski definition) is 7. The van der Waals surface area contributed by atoms with Crippen molar-refractivity contribution >= 4 is 49.3 Å². The van der Waals surface area contributed by atoms with Crippen LogP contribution in [0.2, 0.25) is 0 Å². The number of halogens is 1. The number of nitrogens with zero attached hydrogens (tertiary/aromatic N) is 4. The standard InChI is InChI=1S/C24H20BrN3O2.C17H14N2O2/c1-14-11-17(12-26-15(14)2)23(29)19-13-28(16(3)20-8-6-10-22(25)27-20)21-9-5-4-7-18(21)24(19)30;1-10-7-12(8-18-11(10)2)16(20)14-9-19-15-6-4-3-5-13(15)17(14)21/h4-13,16H,1-3H3;3-9H,1-2H3,(H,19,21). The fraction of sp³-hybridized carbons (Fsp3) is 0.146. The van der Waals surface area contributed by atoms with Gasteiger partial charge in [-0.2, -0.15) is 0 Å². The number of nitrogens with one attached hydrogen (secondary N) is 1. The summed E-state index contributed by atoms with van der Waals surface area (Å²) in [5.41, 5.74) is 6.44. The molecule has 0 amide bonds. The highest BCUT2D eigenvalue weighted by atomic mass is 79.9. The minimum atomic E-state index is -0.329. The molecule has 9 nitrogen and oxygen atoms in total. The van der Waals surface area contributed by atoms with Gasteiger partial charge in [-0.1, -0.05) is 30.3 Å². The number of aryl methyl sites for hydroxylation is 4. The Morgan fingerprint density at radius 2 is 1.29 bits per heavy atom. The molecule has 0 saturated heterocycles. The average Bonchev–Trinajstić information content (AvgIpc) is 3.14. The molecule has 1 N–H and O–H groups in total. The van der Waals surface area contributed by atoms with Crippen molar-refractivity contribution in [3.8, 4) is 0 Å². The third-order valence-corrected chi connectivity index (χ3v) is 9.45. The summed E-state index contributed by atoms with van der Waals surface area (Å²) in [6.07, 6.45) is 6.17. The van der Waals surface area contributed by atoms with Crippen molar-refractivity contribution in [2.75, 3.05) is 0 Å². The zero-order valence-electron chi connectivity index (χ0n) is 28.7. The Labute approximate surface area is 302 Å². The van der Waals surface area contributed by atoms with Crippen LogP contribution < -0.4 is 10.9 Å². The summed E-state index contributed by atoms with van der Waals surface area (Å²) in [6, 6.07) is 23.5. The van der Waals surface area contributed by atoms with Gasteiger partial charge in [0.15, 0.2) is 11.6 Å². The maximum atomic E-state index is 13.3. The number of rotatable bonds is 6. The van der Waals surface area contributed by atoms with Crippen molar-refractivity contribution in [1.29, 1.82) is 0 Å². The summed E-state index contributed by atoms with van der Waals surface area (Å²) in [4.78, 5) is 67.4. The molecule has 7 aromatic rings. The van der Waals surface area contributed by atoms with Crippen molar-refractivity contribution < 1.29 is 9.59 Å². The van der Waals surface area contributed by atoms with Gasteiger partial charge in [-0.25, -0.2) is 4.98 Å². The first-order valence-corrected chi connectivity index (χ1v) is 17.1. The Bertz CT molecular complexity index is 2610. The number of fused-ring (bicyclic) bond motifs is 2. The van der Waals surface area contributed by atoms with Crippen LogP contribution in [-0.4, -0.2) is 36.1 Å². The van der Waals surface area contributed by atoms with Crippen LogP contribution >= 0.6 is 15.9 Å². The van der Waals surface area contributed by atoms with E-state index in [-0.39, 0.29) is 39.6 Å². The lowest BCUT2D eigenvalue weighted by Crippen LogP contribution is -2.22. The highest BCUT2D eigenvalue weighted by Gasteiger charge is 2.21. The number of para-hydroxylation sites is 2. The Hall–Kier alpha value is -5.87. The number of aromatic nitrogens is 5. The topological polar surface area (TPSA) is 128 Å². The second-order valence-electron chi connectivity index (χ2n) is 12.3. The molecule has 5 heterocycles. The predicted molar refractivity (Wildman–Crippen MR) is 203 cm³/mol. The number of H-pyrrole nitrogens is 1. The molecule has 1 unspecified atom stereocenters. The number of aromatic amines is 1. The molecule has 5 aromatic heterocycles. The molecule has 51 heavy (non-hydrogen) atoms. The zero-order chi connectivity index (χ0) is 36.4. The Morgan fingerprint density at radius 1 is 0.725 bits per heavy atom. The lowest BCUT2D eigenvalue weighted by molar-refractivity contribution is 0.102. The van der Waals surface area contributed by atoms with Crippen LogP contribution in [-0.2, 0) is 0 Å². The molecule has 10 heteroatoms. The van der Waals surface area contributed by atoms with E-state index in [1.807, 2.05) is 87.7 Å². The van der Waals surface area contributed by atoms with Crippen LogP contribution in [0.4, 0.5) is 0 Å². The fourth-order valence-corrected chi connectivity index (χ4v) is 6.12. The molecule has 0 spiro atoms. The molecular weight excluding hydrogens is 706 g/mol. The van der Waals surface area contributed by atoms with E-state index < -0.39 is 0 Å². The number of carbonyl (C=O) groups is 2. The summed E-state index contributed by atoms with van der Waals surface area (Å²) in [5, 5.41) is 1.02. The summed E-state index contributed by atoms with van der Waals surface area (Å²) in [6.45, 7) is 9.56. The molecular formula is C41H34BrN5O4. The van der Waals surface area contributed by atoms with Crippen LogP contribution in [0.3, 0.4) is 0 Å². The lowest BCUT2D eigenvalue weighted by atomic mass is 10.0. The molecule has 0 aliphatic carbocycles. The minimum absolute atomic E-state index is 0.126. The van der Waals surface area contributed by atoms with E-state index >= 15 is 0 Å². The third kappa shape index (κ3) is 7.09. The second-order valence-corrected chi connectivity index (χ2v) is 13.2. The van der Waals surface area contributed by atoms with E-state index in [4.69, 9.17) is 0 Å². The Kier molecular flexibility index (Phi) is 9.97. The van der Waals surface area contributed by atoms with Crippen molar-refractivity contribution in [3.05, 3.63) is 179 Å². The van der Waals surface area contributed by atoms with Crippen LogP contribution in [0.15, 0.2) is 118 Å². The molecule has 0 aliphatic heterocycles. The monoisotopic (exact) mass is 739 g/mol. The number of pyridine rings is 5. The predicted octanol–water partition coefficient (Wildman–Crippen LogP) is 7.78. The highest BCUT2D eigenvalue weighted by Crippen LogP contribution is 2.24. The first-order valence-electron chi connectivity index (χ1n) is 16.3. The first-order chi connectivity index (χ1) is 24.4. The largest absolute Gasteiger partial charge is 0.360 e. The molecule has 0 saturated carbocycles. The maximum absolute atomic E-state index is 13.3. The number of hydrogen-bond donors (Lipinski definition) is 1. The fourth-order valence-electron chi connectivity index (χ4n) is 5.77. The van der Waals surface area contributed by atoms with E-state index in [0.717, 1.165) is 43.8 Å². The maximum Gasteiger partial charge on any atom is 0.200 e. The molecule has 7 rings (SSSR count). The highest BCUT2D eigenvalue weighted by molar-refractivity contribution is 9.10. The van der Waals surface area contributed by atoms with Gasteiger partial charge in [-0.3, -0.25) is 29.1 Å². The van der Waals surface area contributed by atoms with Crippen molar-refractivity contribution in [1.82, 2.24) is 24.5 Å². The van der Waals surface area contributed by atoms with Gasteiger partial charge in [0.2, 0.25) is 10.9 Å². The van der Waals surface area contributed by atoms with Gasteiger partial charge < -0.3 is 9.55 Å². The van der Waals surface area contributed by atoms with E-state index in [2.05, 4.69) is 35.9 Å². The second kappa shape index (κ2) is 14.5. The summed E-state index contributed by atoms with van der Waals surface area (Å²) in [5.74, 6) is -0.637. The molecule has 0 radical (unpaired) electrons. The zero-order valence-corrected chi connectivity index (χ0v) is 30.3. The van der Waals surface area contributed by atoms with Gasteiger partial charge in [0, 0.05) is 63.6 Å². The van der Waals surface area contributed by atoms with Crippen LogP contribution in [0, 0.1) is 27.7 Å². The molecule has 0 bridgehead atoms. The number of benzene rings is 2. The van der Waals surface area contributed by atoms with Gasteiger partial charge in [0.05, 0.1) is 28.4 Å². The van der Waals surface area contributed by atoms with Gasteiger partial charge in [-0.05, 0) is 110 Å². The normalized spacial score (nSPS) is 11.6. The van der Waals surface area contributed by atoms with E-state index in [1.165, 1.54) is 18.6 Å². The van der Waals surface area contributed by atoms with Crippen LogP contribution in [0.5, 0.6) is 0 Å². The molecule has 2 aromatic carbocycles. The molecule has 0 fully saturated rings. The summed E-state index contributed by atoms with van der Waals surface area (Å²) < 4.78 is 2.67. The van der Waals surface area contributed by atoms with Crippen molar-refractivity contribution in [2.24, 2.45) is 0 Å². The van der Waals surface area contributed by atoms with E-state index in [9.17, 15) is 19.2 Å². The van der Waals surface area contributed by atoms with Crippen LogP contribution in [0.1, 0.15) is 73.0 Å². The Morgan fingerprint density at radius 3 is 1.92 bits per heavy atom. The summed E-state index contributed by atoms with van der Waals surface area (Å²) >= 11 is 3.41. The quantitative estimate of drug-likeness (QED) is 0.136. The smallest absolute Gasteiger partial charge is 0.200 e. The van der Waals surface area contributed by atoms with Crippen LogP contribution in [0.25, 0.3) is 21.8 Å². The van der Waals surface area contributed by atoms with Gasteiger partial charge in [0.25, 0.3) is 0 Å². The van der Waals surface area contributed by atoms with E-state index in [0.29, 0.717) is 21.9 Å². The minimum Gasteiger partial charge on any atom is -0.360 e. The number of ketones is 2. The third-order valence-electron chi connectivity index (χ3n) is 9.00. The molecule has 0 aliphatic rings. The Balaban J connectivity index is 0.000000187. The summed E-state index contributed by atoms with van der Waals surface area (Å²) in [7, 11) is 0. The van der Waals surface area contributed by atoms with Gasteiger partial charge in [-0.15, -0.1) is 0 Å². The number of carbonyl (C=O) groups excluding carboxylic acids is 2. The molecule has 1 atom stereocenters.